The molecule has 1 aliphatic heterocycles. The molecule has 1 aromatic heterocycles. The van der Waals surface area contributed by atoms with Crippen molar-refractivity contribution in [1.82, 2.24) is 20.2 Å². The van der Waals surface area contributed by atoms with E-state index in [4.69, 9.17) is 4.74 Å². The van der Waals surface area contributed by atoms with E-state index < -0.39 is 0 Å². The molecule has 1 aromatic carbocycles. The van der Waals surface area contributed by atoms with E-state index in [0.29, 0.717) is 19.0 Å². The minimum absolute atomic E-state index is 0.187. The van der Waals surface area contributed by atoms with Crippen molar-refractivity contribution in [1.29, 1.82) is 0 Å². The predicted octanol–water partition coefficient (Wildman–Crippen LogP) is 3.37. The van der Waals surface area contributed by atoms with Crippen LogP contribution in [0.2, 0.25) is 0 Å². The molecule has 1 aliphatic carbocycles. The molecule has 1 N–H and O–H groups in total. The minimum atomic E-state index is -0.343. The summed E-state index contributed by atoms with van der Waals surface area (Å²) in [5.74, 6) is 1.19. The summed E-state index contributed by atoms with van der Waals surface area (Å²) in [5, 5.41) is 15.4. The molecule has 0 bridgehead atoms. The number of carbonyl (C=O) groups excluding carboxylic acids is 1. The van der Waals surface area contributed by atoms with E-state index in [9.17, 15) is 4.79 Å². The number of nitrogens with zero attached hydrogens (tertiary/aromatic N) is 4. The van der Waals surface area contributed by atoms with Crippen molar-refractivity contribution in [2.45, 2.75) is 46.1 Å². The Morgan fingerprint density at radius 3 is 2.96 bits per heavy atom. The predicted molar refractivity (Wildman–Crippen MR) is 101 cm³/mol. The number of tetrazole rings is 1. The molecule has 0 spiro atoms. The van der Waals surface area contributed by atoms with E-state index >= 15 is 0 Å². The highest BCUT2D eigenvalue weighted by molar-refractivity contribution is 5.88. The largest absolute Gasteiger partial charge is 0.493 e. The quantitative estimate of drug-likeness (QED) is 0.816. The van der Waals surface area contributed by atoms with E-state index in [0.717, 1.165) is 29.9 Å². The smallest absolute Gasteiger partial charge is 0.247 e. The second kappa shape index (κ2) is 6.79. The number of fused-ring (bicyclic) bond motifs is 2. The number of hydrogen-bond acceptors (Lipinski definition) is 6. The Bertz CT molecular complexity index is 886. The van der Waals surface area contributed by atoms with Crippen molar-refractivity contribution in [2.75, 3.05) is 11.9 Å². The molecular weight excluding hydrogens is 342 g/mol. The summed E-state index contributed by atoms with van der Waals surface area (Å²) < 4.78 is 7.75. The molecule has 7 nitrogen and oxygen atoms in total. The lowest BCUT2D eigenvalue weighted by Gasteiger charge is -2.39. The van der Waals surface area contributed by atoms with Gasteiger partial charge in [0.1, 0.15) is 17.6 Å². The molecule has 2 aliphatic rings. The Balaban J connectivity index is 1.81. The number of benzene rings is 1. The maximum atomic E-state index is 13.1. The first-order chi connectivity index (χ1) is 13.0. The zero-order chi connectivity index (χ0) is 19.0. The normalized spacial score (nSPS) is 23.1. The van der Waals surface area contributed by atoms with Crippen molar-refractivity contribution in [2.24, 2.45) is 11.3 Å². The summed E-state index contributed by atoms with van der Waals surface area (Å²) in [6, 6.07) is 7.57. The summed E-state index contributed by atoms with van der Waals surface area (Å²) in [6.45, 7) is 6.93. The first-order valence-corrected chi connectivity index (χ1v) is 9.52. The van der Waals surface area contributed by atoms with Crippen molar-refractivity contribution in [3.63, 3.8) is 0 Å². The number of nitrogens with one attached hydrogen (secondary N) is 1. The summed E-state index contributed by atoms with van der Waals surface area (Å²) in [6.07, 6.45) is 4.69. The van der Waals surface area contributed by atoms with E-state index in [1.807, 2.05) is 24.3 Å². The average Bonchev–Trinajstić information content (AvgIpc) is 3.08. The van der Waals surface area contributed by atoms with Crippen LogP contribution >= 0.6 is 0 Å². The number of ketones is 1. The molecule has 0 saturated heterocycles. The fraction of sp³-hybridized carbons (Fsp3) is 0.500. The fourth-order valence-electron chi connectivity index (χ4n) is 3.98. The van der Waals surface area contributed by atoms with Crippen LogP contribution in [0.15, 0.2) is 36.0 Å². The molecule has 2 aromatic rings. The molecule has 142 valence electrons. The van der Waals surface area contributed by atoms with Crippen molar-refractivity contribution >= 4 is 11.7 Å². The Hall–Kier alpha value is -2.70. The standard InChI is InChI=1S/C20H25N5O2/c1-4-5-10-27-16-9-7-6-8-13(16)18-17-14(11-20(2,3)12-15(17)26)21-19-22-23-24-25(18)19/h6-9,11,17-18H,4-5,10,12H2,1-3H3,(H,21,22,24)/t17-,18-/m0/s1. The van der Waals surface area contributed by atoms with Gasteiger partial charge in [-0.15, -0.1) is 0 Å². The molecule has 0 fully saturated rings. The van der Waals surface area contributed by atoms with Crippen LogP contribution in [0, 0.1) is 11.3 Å². The third kappa shape index (κ3) is 3.22. The van der Waals surface area contributed by atoms with Gasteiger partial charge in [0.2, 0.25) is 5.95 Å². The van der Waals surface area contributed by atoms with Gasteiger partial charge in [-0.05, 0) is 28.3 Å². The summed E-state index contributed by atoms with van der Waals surface area (Å²) in [5.41, 5.74) is 1.63. The number of anilines is 1. The highest BCUT2D eigenvalue weighted by atomic mass is 16.5. The lowest BCUT2D eigenvalue weighted by Crippen LogP contribution is -2.42. The van der Waals surface area contributed by atoms with E-state index in [1.165, 1.54) is 0 Å². The van der Waals surface area contributed by atoms with Gasteiger partial charge in [0.05, 0.1) is 12.5 Å². The summed E-state index contributed by atoms with van der Waals surface area (Å²) >= 11 is 0. The Kier molecular flexibility index (Phi) is 4.45. The molecule has 7 heteroatoms. The molecule has 27 heavy (non-hydrogen) atoms. The average molecular weight is 367 g/mol. The van der Waals surface area contributed by atoms with E-state index in [1.54, 1.807) is 4.68 Å². The Morgan fingerprint density at radius 2 is 2.15 bits per heavy atom. The number of unbranched alkanes of at least 4 members (excludes halogenated alkanes) is 1. The van der Waals surface area contributed by atoms with Gasteiger partial charge >= 0.3 is 0 Å². The van der Waals surface area contributed by atoms with Gasteiger partial charge < -0.3 is 10.1 Å². The maximum Gasteiger partial charge on any atom is 0.247 e. The highest BCUT2D eigenvalue weighted by Gasteiger charge is 2.45. The lowest BCUT2D eigenvalue weighted by molar-refractivity contribution is -0.125. The number of aromatic nitrogens is 4. The minimum Gasteiger partial charge on any atom is -0.493 e. The molecule has 0 saturated carbocycles. The zero-order valence-corrected chi connectivity index (χ0v) is 16.0. The van der Waals surface area contributed by atoms with Gasteiger partial charge in [-0.1, -0.05) is 56.6 Å². The topological polar surface area (TPSA) is 81.9 Å². The number of para-hydroxylation sites is 1. The summed E-state index contributed by atoms with van der Waals surface area (Å²) in [4.78, 5) is 13.1. The Morgan fingerprint density at radius 1 is 1.33 bits per heavy atom. The molecule has 2 atom stereocenters. The number of Topliss-reactive ketones (excluding diaryl/α,β-unsaturated/α-hetero) is 1. The van der Waals surface area contributed by atoms with Gasteiger partial charge in [0.15, 0.2) is 0 Å². The van der Waals surface area contributed by atoms with Gasteiger partial charge in [0, 0.05) is 17.7 Å². The lowest BCUT2D eigenvalue weighted by atomic mass is 9.72. The number of hydrogen-bond donors (Lipinski definition) is 1. The third-order valence-corrected chi connectivity index (χ3v) is 5.18. The van der Waals surface area contributed by atoms with Gasteiger partial charge in [-0.25, -0.2) is 4.68 Å². The van der Waals surface area contributed by atoms with E-state index in [2.05, 4.69) is 47.7 Å². The van der Waals surface area contributed by atoms with Crippen LogP contribution in [-0.2, 0) is 4.79 Å². The van der Waals surface area contributed by atoms with Gasteiger partial charge in [-0.2, -0.15) is 0 Å². The van der Waals surface area contributed by atoms with Crippen LogP contribution in [0.4, 0.5) is 5.95 Å². The zero-order valence-electron chi connectivity index (χ0n) is 16.0. The summed E-state index contributed by atoms with van der Waals surface area (Å²) in [7, 11) is 0. The third-order valence-electron chi connectivity index (χ3n) is 5.18. The van der Waals surface area contributed by atoms with Crippen LogP contribution in [0.3, 0.4) is 0 Å². The first-order valence-electron chi connectivity index (χ1n) is 9.52. The number of rotatable bonds is 5. The fourth-order valence-corrected chi connectivity index (χ4v) is 3.98. The van der Waals surface area contributed by atoms with Gasteiger partial charge in [0.25, 0.3) is 0 Å². The van der Waals surface area contributed by atoms with Crippen molar-refractivity contribution in [3.8, 4) is 5.75 Å². The van der Waals surface area contributed by atoms with Crippen LogP contribution in [0.25, 0.3) is 0 Å². The molecule has 4 rings (SSSR count). The molecule has 2 heterocycles. The van der Waals surface area contributed by atoms with Crippen LogP contribution in [-0.4, -0.2) is 32.6 Å². The molecule has 0 radical (unpaired) electrons. The second-order valence-electron chi connectivity index (χ2n) is 7.97. The second-order valence-corrected chi connectivity index (χ2v) is 7.97. The monoisotopic (exact) mass is 367 g/mol. The Labute approximate surface area is 158 Å². The van der Waals surface area contributed by atoms with Crippen molar-refractivity contribution in [3.05, 3.63) is 41.6 Å². The molecular formula is C20H25N5O2. The number of carbonyl (C=O) groups is 1. The molecule has 0 unspecified atom stereocenters. The maximum absolute atomic E-state index is 13.1. The number of ether oxygens (including phenoxy) is 1. The van der Waals surface area contributed by atoms with E-state index in [-0.39, 0.29) is 23.2 Å². The van der Waals surface area contributed by atoms with Crippen LogP contribution in [0.5, 0.6) is 5.75 Å². The van der Waals surface area contributed by atoms with Crippen LogP contribution < -0.4 is 10.1 Å². The number of allylic oxidation sites excluding steroid dienone is 2. The highest BCUT2D eigenvalue weighted by Crippen LogP contribution is 2.46. The van der Waals surface area contributed by atoms with Gasteiger partial charge in [-0.3, -0.25) is 4.79 Å². The van der Waals surface area contributed by atoms with Crippen LogP contribution in [0.1, 0.15) is 51.6 Å². The SMILES string of the molecule is CCCCOc1ccccc1[C@H]1[C@@H]2C(=O)CC(C)(C)C=C2Nc2nnnn21. The molecule has 0 amide bonds. The van der Waals surface area contributed by atoms with Crippen molar-refractivity contribution < 1.29 is 9.53 Å². The first kappa shape index (κ1) is 17.7.